The van der Waals surface area contributed by atoms with E-state index in [0.29, 0.717) is 5.57 Å². The Morgan fingerprint density at radius 1 is 0.894 bits per heavy atom. The summed E-state index contributed by atoms with van der Waals surface area (Å²) in [5.41, 5.74) is 1.98. The van der Waals surface area contributed by atoms with E-state index >= 15 is 0 Å². The average molecular weight is 662 g/mol. The summed E-state index contributed by atoms with van der Waals surface area (Å²) in [6.45, 7) is 6.69. The molecule has 2 radical (unpaired) electrons. The molecule has 2 aliphatic rings. The Labute approximate surface area is 286 Å². The van der Waals surface area contributed by atoms with Crippen LogP contribution >= 0.6 is 22.7 Å². The summed E-state index contributed by atoms with van der Waals surface area (Å²) in [4.78, 5) is 4.92. The first-order valence-corrected chi connectivity index (χ1v) is 18.5. The Hall–Kier alpha value is -4.85. The number of rotatable bonds is 9. The van der Waals surface area contributed by atoms with Gasteiger partial charge in [0.1, 0.15) is 29.4 Å². The van der Waals surface area contributed by atoms with Gasteiger partial charge in [-0.25, -0.2) is 0 Å². The van der Waals surface area contributed by atoms with Gasteiger partial charge < -0.3 is 4.74 Å². The zero-order chi connectivity index (χ0) is 33.1. The molecular weight excluding hydrogens is 631 g/mol. The first kappa shape index (κ1) is 32.1. The van der Waals surface area contributed by atoms with Crippen LogP contribution in [-0.4, -0.2) is 33.1 Å². The minimum absolute atomic E-state index is 0.0541. The van der Waals surface area contributed by atoms with Gasteiger partial charge in [-0.05, 0) is 26.0 Å². The summed E-state index contributed by atoms with van der Waals surface area (Å²) < 4.78 is 7.76. The Morgan fingerprint density at radius 2 is 1.51 bits per heavy atom. The van der Waals surface area contributed by atoms with Crippen molar-refractivity contribution in [1.82, 2.24) is 0 Å². The van der Waals surface area contributed by atoms with Gasteiger partial charge in [-0.3, -0.25) is 0 Å². The molecular formula is C38H30BN4OS2Si+. The normalized spacial score (nSPS) is 14.9. The summed E-state index contributed by atoms with van der Waals surface area (Å²) in [7, 11) is 5.01. The minimum atomic E-state index is -1.20. The second-order valence-electron chi connectivity index (χ2n) is 11.8. The Morgan fingerprint density at radius 3 is 2.09 bits per heavy atom. The van der Waals surface area contributed by atoms with Crippen LogP contribution in [0.25, 0.3) is 28.0 Å². The van der Waals surface area contributed by atoms with Crippen LogP contribution in [0.3, 0.4) is 0 Å². The number of unbranched alkanes of at least 4 members (excludes halogenated alkanes) is 1. The third-order valence-corrected chi connectivity index (χ3v) is 13.7. The standard InChI is InChI=1S/C38H30BN4OS2Si/c1-4-5-19-43(39)27-14-11-25(12-15-27)13-16-28-20-33-36(45-28)37-34(47(33)30-9-7-6-8-10-30)21-29(46-37)17-18-32-31(24-42)35(26(22-40)23-41)44-38(32,2)3/h6-18,20-21H,4-5,19H2,1-3H3/q+1/b16-13+,18-17+. The fourth-order valence-corrected chi connectivity index (χ4v) is 12.0. The number of nitriles is 3. The van der Waals surface area contributed by atoms with E-state index in [4.69, 9.17) is 12.4 Å². The molecule has 5 nitrogen and oxygen atoms in total. The van der Waals surface area contributed by atoms with Crippen molar-refractivity contribution in [2.45, 2.75) is 39.2 Å². The third kappa shape index (κ3) is 6.29. The number of thiophene rings is 2. The molecule has 0 N–H and O–H groups in total. The van der Waals surface area contributed by atoms with Gasteiger partial charge in [0.15, 0.2) is 11.3 Å². The van der Waals surface area contributed by atoms with Crippen LogP contribution in [0.5, 0.6) is 0 Å². The van der Waals surface area contributed by atoms with Crippen LogP contribution in [0.4, 0.5) is 5.69 Å². The predicted molar refractivity (Wildman–Crippen MR) is 195 cm³/mol. The summed E-state index contributed by atoms with van der Waals surface area (Å²) in [5.74, 6) is 0.0541. The van der Waals surface area contributed by atoms with Crippen molar-refractivity contribution < 1.29 is 9.22 Å². The van der Waals surface area contributed by atoms with E-state index in [1.807, 2.05) is 54.0 Å². The molecule has 2 aliphatic heterocycles. The summed E-state index contributed by atoms with van der Waals surface area (Å²) >= 11 is 3.58. The van der Waals surface area contributed by atoms with Gasteiger partial charge >= 0.3 is 154 Å². The Kier molecular flexibility index (Phi) is 9.21. The molecule has 2 aromatic heterocycles. The maximum absolute atomic E-state index is 9.94. The van der Waals surface area contributed by atoms with Gasteiger partial charge in [-0.15, -0.1) is 0 Å². The quantitative estimate of drug-likeness (QED) is 0.123. The van der Waals surface area contributed by atoms with Gasteiger partial charge in [-0.2, -0.15) is 15.8 Å². The fourth-order valence-electron chi connectivity index (χ4n) is 5.81. The van der Waals surface area contributed by atoms with E-state index in [9.17, 15) is 15.8 Å². The molecule has 4 heterocycles. The summed E-state index contributed by atoms with van der Waals surface area (Å²) in [6.07, 6.45) is 10.5. The van der Waals surface area contributed by atoms with Gasteiger partial charge in [0.25, 0.3) is 0 Å². The monoisotopic (exact) mass is 661 g/mol. The molecule has 0 bridgehead atoms. The summed E-state index contributed by atoms with van der Waals surface area (Å²) in [5, 5.41) is 32.9. The van der Waals surface area contributed by atoms with Crippen molar-refractivity contribution in [2.75, 3.05) is 6.54 Å². The first-order chi connectivity index (χ1) is 22.8. The second kappa shape index (κ2) is 13.5. The Balaban J connectivity index is 1.33. The third-order valence-electron chi connectivity index (χ3n) is 8.21. The molecule has 0 saturated heterocycles. The predicted octanol–water partition coefficient (Wildman–Crippen LogP) is 7.22. The molecule has 0 saturated carbocycles. The van der Waals surface area contributed by atoms with Crippen LogP contribution < -0.4 is 15.6 Å². The van der Waals surface area contributed by atoms with E-state index in [1.54, 1.807) is 11.3 Å². The van der Waals surface area contributed by atoms with Gasteiger partial charge in [-0.1, -0.05) is 36.4 Å². The van der Waals surface area contributed by atoms with Gasteiger partial charge in [0.05, 0.1) is 0 Å². The molecule has 0 spiro atoms. The van der Waals surface area contributed by atoms with Crippen LogP contribution in [0.15, 0.2) is 95.3 Å². The molecule has 0 aliphatic carbocycles. The zero-order valence-corrected chi connectivity index (χ0v) is 29.0. The molecule has 4 aromatic rings. The van der Waals surface area contributed by atoms with E-state index in [1.165, 1.54) is 30.2 Å². The fraction of sp³-hybridized carbons (Fsp3) is 0.184. The molecule has 9 heteroatoms. The number of hydrogen-bond acceptors (Lipinski definition) is 6. The maximum atomic E-state index is 9.94. The van der Waals surface area contributed by atoms with Crippen molar-refractivity contribution in [3.05, 3.63) is 111 Å². The van der Waals surface area contributed by atoms with Gasteiger partial charge in [0.2, 0.25) is 0 Å². The molecule has 6 rings (SSSR count). The number of hydrogen-bond donors (Lipinski definition) is 0. The number of allylic oxidation sites excluding steroid dienone is 2. The van der Waals surface area contributed by atoms with Crippen molar-refractivity contribution in [2.24, 2.45) is 0 Å². The van der Waals surface area contributed by atoms with E-state index in [2.05, 4.69) is 91.9 Å². The van der Waals surface area contributed by atoms with Crippen LogP contribution in [-0.2, 0) is 4.74 Å². The first-order valence-electron chi connectivity index (χ1n) is 15.4. The molecule has 0 atom stereocenters. The molecule has 0 amide bonds. The van der Waals surface area contributed by atoms with Crippen molar-refractivity contribution in [3.8, 4) is 28.0 Å². The van der Waals surface area contributed by atoms with E-state index in [0.717, 1.165) is 35.5 Å². The molecule has 0 unspecified atom stereocenters. The van der Waals surface area contributed by atoms with Crippen LogP contribution in [0.1, 0.15) is 48.9 Å². The number of nitrogens with zero attached hydrogens (tertiary/aromatic N) is 4. The molecule has 0 fully saturated rings. The number of ether oxygens (including phenoxy) is 1. The Bertz CT molecular complexity index is 2120. The topological polar surface area (TPSA) is 83.6 Å². The SMILES string of the molecule is [B]=[N+](CCCC)c1ccc(/C=C/c2cc3c(s2)-c2sc(/C=C/C4=C(C#N)C(=C(C#N)C#N)OC4(C)C)cc2[Si]3c2ccccc2)cc1. The van der Waals surface area contributed by atoms with Crippen molar-refractivity contribution in [1.29, 1.82) is 15.8 Å². The molecule has 226 valence electrons. The van der Waals surface area contributed by atoms with E-state index in [-0.39, 0.29) is 16.9 Å². The van der Waals surface area contributed by atoms with Crippen molar-refractivity contribution >= 4 is 78.6 Å². The van der Waals surface area contributed by atoms with E-state index < -0.39 is 14.4 Å². The molecule has 47 heavy (non-hydrogen) atoms. The van der Waals surface area contributed by atoms with Crippen molar-refractivity contribution in [3.63, 3.8) is 0 Å². The van der Waals surface area contributed by atoms with Gasteiger partial charge in [0, 0.05) is 10.5 Å². The zero-order valence-electron chi connectivity index (χ0n) is 26.4. The number of benzene rings is 2. The number of fused-ring (bicyclic) bond motifs is 3. The molecule has 2 aromatic carbocycles. The van der Waals surface area contributed by atoms with Crippen LogP contribution in [0.2, 0.25) is 0 Å². The second-order valence-corrected chi connectivity index (χ2v) is 16.3. The van der Waals surface area contributed by atoms with Crippen LogP contribution in [0, 0.1) is 34.0 Å². The summed E-state index contributed by atoms with van der Waals surface area (Å²) in [6, 6.07) is 29.6. The average Bonchev–Trinajstić information content (AvgIpc) is 3.81.